The Hall–Kier alpha value is -3.20. The number of urea groups is 1. The number of nitrogens with one attached hydrogen (secondary N) is 1. The van der Waals surface area contributed by atoms with Crippen molar-refractivity contribution in [2.24, 2.45) is 0 Å². The maximum Gasteiger partial charge on any atom is 0.339 e. The molecular formula is C25H32FN5O3. The number of ether oxygens (including phenoxy) is 1. The first kappa shape index (κ1) is 23.9. The van der Waals surface area contributed by atoms with Gasteiger partial charge in [-0.25, -0.2) is 19.0 Å². The van der Waals surface area contributed by atoms with Crippen LogP contribution < -0.4 is 10.2 Å². The van der Waals surface area contributed by atoms with E-state index in [1.54, 1.807) is 13.0 Å². The smallest absolute Gasteiger partial charge is 0.339 e. The largest absolute Gasteiger partial charge is 0.462 e. The number of aromatic nitrogens is 1. The Morgan fingerprint density at radius 2 is 1.74 bits per heavy atom. The van der Waals surface area contributed by atoms with E-state index in [4.69, 9.17) is 4.74 Å². The molecule has 182 valence electrons. The van der Waals surface area contributed by atoms with Gasteiger partial charge >= 0.3 is 12.0 Å². The SMILES string of the molecule is CCOC(=O)c1ccc(N2CCN(C(=O)NC3CCN(Cc4ccc(F)cc4)CC3)CC2)nc1. The summed E-state index contributed by atoms with van der Waals surface area (Å²) in [4.78, 5) is 35.3. The van der Waals surface area contributed by atoms with Crippen molar-refractivity contribution >= 4 is 17.8 Å². The lowest BCUT2D eigenvalue weighted by atomic mass is 10.0. The highest BCUT2D eigenvalue weighted by atomic mass is 19.1. The van der Waals surface area contributed by atoms with Crippen molar-refractivity contribution < 1.29 is 18.7 Å². The number of rotatable bonds is 6. The fourth-order valence-electron chi connectivity index (χ4n) is 4.40. The van der Waals surface area contributed by atoms with Gasteiger partial charge in [-0.05, 0) is 49.6 Å². The predicted molar refractivity (Wildman–Crippen MR) is 127 cm³/mol. The molecule has 2 aliphatic heterocycles. The van der Waals surface area contributed by atoms with Crippen LogP contribution in [-0.2, 0) is 11.3 Å². The van der Waals surface area contributed by atoms with Crippen LogP contribution in [0.25, 0.3) is 0 Å². The summed E-state index contributed by atoms with van der Waals surface area (Å²) in [5, 5.41) is 3.19. The second kappa shape index (κ2) is 11.3. The number of nitrogens with zero attached hydrogens (tertiary/aromatic N) is 4. The lowest BCUT2D eigenvalue weighted by Crippen LogP contribution is -2.55. The molecular weight excluding hydrogens is 437 g/mol. The van der Waals surface area contributed by atoms with Gasteiger partial charge in [0.1, 0.15) is 11.6 Å². The van der Waals surface area contributed by atoms with Gasteiger partial charge in [0.2, 0.25) is 0 Å². The van der Waals surface area contributed by atoms with Crippen molar-refractivity contribution in [3.63, 3.8) is 0 Å². The van der Waals surface area contributed by atoms with Gasteiger partial charge in [-0.15, -0.1) is 0 Å². The second-order valence-electron chi connectivity index (χ2n) is 8.73. The summed E-state index contributed by atoms with van der Waals surface area (Å²) in [6.07, 6.45) is 3.35. The van der Waals surface area contributed by atoms with Crippen LogP contribution in [0.2, 0.25) is 0 Å². The van der Waals surface area contributed by atoms with E-state index in [-0.39, 0.29) is 23.9 Å². The minimum Gasteiger partial charge on any atom is -0.462 e. The van der Waals surface area contributed by atoms with Gasteiger partial charge in [0.05, 0.1) is 12.2 Å². The molecule has 34 heavy (non-hydrogen) atoms. The Kier molecular flexibility index (Phi) is 7.95. The molecule has 1 aromatic heterocycles. The summed E-state index contributed by atoms with van der Waals surface area (Å²) in [6.45, 7) is 7.34. The minimum atomic E-state index is -0.371. The number of anilines is 1. The average molecular weight is 470 g/mol. The molecule has 2 saturated heterocycles. The Labute approximate surface area is 199 Å². The van der Waals surface area contributed by atoms with Crippen molar-refractivity contribution in [2.75, 3.05) is 50.8 Å². The molecule has 0 unspecified atom stereocenters. The lowest BCUT2D eigenvalue weighted by Gasteiger charge is -2.37. The Bertz CT molecular complexity index is 954. The molecule has 2 aliphatic rings. The first-order chi connectivity index (χ1) is 16.5. The van der Waals surface area contributed by atoms with Gasteiger partial charge in [-0.3, -0.25) is 4.90 Å². The average Bonchev–Trinajstić information content (AvgIpc) is 2.87. The van der Waals surface area contributed by atoms with Crippen LogP contribution in [0.5, 0.6) is 0 Å². The number of esters is 1. The molecule has 1 aromatic carbocycles. The van der Waals surface area contributed by atoms with Crippen molar-refractivity contribution in [3.8, 4) is 0 Å². The molecule has 1 N–H and O–H groups in total. The van der Waals surface area contributed by atoms with Crippen molar-refractivity contribution in [1.82, 2.24) is 20.1 Å². The number of halogens is 1. The summed E-state index contributed by atoms with van der Waals surface area (Å²) < 4.78 is 18.1. The number of benzene rings is 1. The third-order valence-corrected chi connectivity index (χ3v) is 6.38. The minimum absolute atomic E-state index is 0.0118. The normalized spacial score (nSPS) is 17.5. The van der Waals surface area contributed by atoms with Crippen LogP contribution in [0, 0.1) is 5.82 Å². The zero-order valence-corrected chi connectivity index (χ0v) is 19.6. The summed E-state index contributed by atoms with van der Waals surface area (Å²) >= 11 is 0. The molecule has 0 aliphatic carbocycles. The fourth-order valence-corrected chi connectivity index (χ4v) is 4.40. The van der Waals surface area contributed by atoms with Gasteiger partial charge in [0.25, 0.3) is 0 Å². The number of pyridine rings is 1. The number of piperidine rings is 1. The van der Waals surface area contributed by atoms with E-state index in [2.05, 4.69) is 20.1 Å². The Morgan fingerprint density at radius 3 is 2.35 bits per heavy atom. The maximum atomic E-state index is 13.1. The van der Waals surface area contributed by atoms with E-state index in [0.29, 0.717) is 38.3 Å². The topological polar surface area (TPSA) is 78.0 Å². The van der Waals surface area contributed by atoms with Gasteiger partial charge in [-0.1, -0.05) is 12.1 Å². The lowest BCUT2D eigenvalue weighted by molar-refractivity contribution is 0.0526. The zero-order chi connectivity index (χ0) is 23.9. The molecule has 3 heterocycles. The second-order valence-corrected chi connectivity index (χ2v) is 8.73. The summed E-state index contributed by atoms with van der Waals surface area (Å²) in [5.41, 5.74) is 1.54. The molecule has 0 radical (unpaired) electrons. The zero-order valence-electron chi connectivity index (χ0n) is 19.6. The summed E-state index contributed by atoms with van der Waals surface area (Å²) in [5.74, 6) is 0.208. The number of piperazine rings is 1. The molecule has 0 atom stereocenters. The fraction of sp³-hybridized carbons (Fsp3) is 0.480. The number of hydrogen-bond donors (Lipinski definition) is 1. The van der Waals surface area contributed by atoms with Gasteiger partial charge < -0.3 is 19.9 Å². The van der Waals surface area contributed by atoms with E-state index >= 15 is 0 Å². The number of hydrogen-bond acceptors (Lipinski definition) is 6. The van der Waals surface area contributed by atoms with E-state index in [0.717, 1.165) is 43.9 Å². The first-order valence-electron chi connectivity index (χ1n) is 11.9. The van der Waals surface area contributed by atoms with Gasteiger partial charge in [-0.2, -0.15) is 0 Å². The highest BCUT2D eigenvalue weighted by Crippen LogP contribution is 2.17. The summed E-state index contributed by atoms with van der Waals surface area (Å²) in [6, 6.07) is 10.4. The van der Waals surface area contributed by atoms with Crippen molar-refractivity contribution in [1.29, 1.82) is 0 Å². The predicted octanol–water partition coefficient (Wildman–Crippen LogP) is 2.89. The summed E-state index contributed by atoms with van der Waals surface area (Å²) in [7, 11) is 0. The van der Waals surface area contributed by atoms with Crippen LogP contribution in [0.4, 0.5) is 15.0 Å². The highest BCUT2D eigenvalue weighted by Gasteiger charge is 2.26. The third kappa shape index (κ3) is 6.22. The molecule has 2 fully saturated rings. The molecule has 2 amide bonds. The number of likely N-dealkylation sites (tertiary alicyclic amines) is 1. The Morgan fingerprint density at radius 1 is 1.03 bits per heavy atom. The van der Waals surface area contributed by atoms with E-state index < -0.39 is 0 Å². The Balaban J connectivity index is 1.18. The van der Waals surface area contributed by atoms with Crippen LogP contribution in [0.15, 0.2) is 42.6 Å². The van der Waals surface area contributed by atoms with Crippen LogP contribution in [0.3, 0.4) is 0 Å². The molecule has 0 saturated carbocycles. The van der Waals surface area contributed by atoms with E-state index in [1.165, 1.54) is 18.3 Å². The van der Waals surface area contributed by atoms with Gasteiger partial charge in [0, 0.05) is 58.1 Å². The molecule has 8 nitrogen and oxygen atoms in total. The maximum absolute atomic E-state index is 13.1. The van der Waals surface area contributed by atoms with E-state index in [1.807, 2.05) is 23.1 Å². The molecule has 9 heteroatoms. The van der Waals surface area contributed by atoms with E-state index in [9.17, 15) is 14.0 Å². The molecule has 0 bridgehead atoms. The quantitative estimate of drug-likeness (QED) is 0.656. The van der Waals surface area contributed by atoms with Gasteiger partial charge in [0.15, 0.2) is 0 Å². The van der Waals surface area contributed by atoms with Crippen LogP contribution in [0.1, 0.15) is 35.7 Å². The van der Waals surface area contributed by atoms with Crippen LogP contribution in [-0.4, -0.2) is 78.7 Å². The number of carbonyl (C=O) groups is 2. The molecule has 4 rings (SSSR count). The highest BCUT2D eigenvalue weighted by molar-refractivity contribution is 5.89. The number of carbonyl (C=O) groups excluding carboxylic acids is 2. The standard InChI is InChI=1S/C25H32FN5O3/c1-2-34-24(32)20-5-8-23(27-17-20)30-13-15-31(16-14-30)25(33)28-22-9-11-29(12-10-22)18-19-3-6-21(26)7-4-19/h3-8,17,22H,2,9-16,18H2,1H3,(H,28,33). The number of amides is 2. The molecule has 2 aromatic rings. The monoisotopic (exact) mass is 469 g/mol. The van der Waals surface area contributed by atoms with Crippen LogP contribution >= 0.6 is 0 Å². The third-order valence-electron chi connectivity index (χ3n) is 6.38. The first-order valence-corrected chi connectivity index (χ1v) is 11.9. The van der Waals surface area contributed by atoms with Crippen molar-refractivity contribution in [2.45, 2.75) is 32.4 Å². The molecule has 0 spiro atoms. The van der Waals surface area contributed by atoms with Crippen molar-refractivity contribution in [3.05, 3.63) is 59.5 Å².